The van der Waals surface area contributed by atoms with Crippen LogP contribution in [-0.4, -0.2) is 73.1 Å². The normalized spacial score (nSPS) is 19.7. The minimum absolute atomic E-state index is 0.139. The van der Waals surface area contributed by atoms with Gasteiger partial charge < -0.3 is 29.9 Å². The molecular weight excluding hydrogens is 619 g/mol. The number of hydrogen-bond acceptors (Lipinski definition) is 8. The third-order valence-electron chi connectivity index (χ3n) is 8.65. The monoisotopic (exact) mass is 659 g/mol. The molecule has 2 fully saturated rings. The molecule has 6 rings (SSSR count). The number of aromatic nitrogens is 2. The van der Waals surface area contributed by atoms with E-state index in [1.807, 2.05) is 19.0 Å². The van der Waals surface area contributed by atoms with Crippen LogP contribution in [-0.2, 0) is 11.4 Å². The highest BCUT2D eigenvalue weighted by Gasteiger charge is 2.39. The van der Waals surface area contributed by atoms with Gasteiger partial charge in [-0.25, -0.2) is 14.4 Å². The molecule has 0 bridgehead atoms. The van der Waals surface area contributed by atoms with Gasteiger partial charge in [0, 0.05) is 42.9 Å². The van der Waals surface area contributed by atoms with Crippen LogP contribution < -0.4 is 20.1 Å². The van der Waals surface area contributed by atoms with Crippen molar-refractivity contribution in [3.8, 4) is 11.5 Å². The van der Waals surface area contributed by atoms with E-state index >= 15 is 0 Å². The van der Waals surface area contributed by atoms with Gasteiger partial charge in [-0.1, -0.05) is 29.8 Å². The highest BCUT2D eigenvalue weighted by molar-refractivity contribution is 6.32. The number of fused-ring (bicyclic) bond motifs is 2. The third-order valence-corrected chi connectivity index (χ3v) is 8.95. The van der Waals surface area contributed by atoms with Crippen molar-refractivity contribution in [3.63, 3.8) is 0 Å². The van der Waals surface area contributed by atoms with Crippen molar-refractivity contribution in [2.45, 2.75) is 19.4 Å². The maximum Gasteiger partial charge on any atom is 0.248 e. The van der Waals surface area contributed by atoms with Crippen LogP contribution in [0.4, 0.5) is 21.6 Å². The van der Waals surface area contributed by atoms with Gasteiger partial charge in [0.15, 0.2) is 1.41 Å². The number of carbonyl (C=O) groups excluding carboxylic acids is 1. The molecule has 2 heterocycles. The van der Waals surface area contributed by atoms with E-state index in [1.165, 1.54) is 24.5 Å². The van der Waals surface area contributed by atoms with Crippen molar-refractivity contribution >= 4 is 45.6 Å². The first kappa shape index (κ1) is 31.4. The molecule has 1 aromatic heterocycles. The topological polar surface area (TPSA) is 91.8 Å². The highest BCUT2D eigenvalue weighted by Crippen LogP contribution is 2.42. The number of amides is 1. The number of ether oxygens (including phenoxy) is 2. The van der Waals surface area contributed by atoms with Crippen LogP contribution in [0.15, 0.2) is 73.1 Å². The fourth-order valence-corrected chi connectivity index (χ4v) is 6.74. The molecule has 1 aliphatic heterocycles. The van der Waals surface area contributed by atoms with Gasteiger partial charge in [-0.05, 0) is 93.7 Å². The van der Waals surface area contributed by atoms with Crippen LogP contribution >= 0.6 is 11.6 Å². The number of benzene rings is 3. The van der Waals surface area contributed by atoms with Gasteiger partial charge in [-0.2, -0.15) is 0 Å². The van der Waals surface area contributed by atoms with Crippen LogP contribution in [0.3, 0.4) is 0 Å². The Morgan fingerprint density at radius 1 is 1.11 bits per heavy atom. The quantitative estimate of drug-likeness (QED) is 0.161. The Balaban J connectivity index is 1.24. The zero-order valence-corrected chi connectivity index (χ0v) is 27.6. The molecular formula is C36H40ClFN6O3. The number of carbonyl (C=O) groups is 1. The lowest BCUT2D eigenvalue weighted by molar-refractivity contribution is -0.111. The molecule has 2 atom stereocenters. The van der Waals surface area contributed by atoms with E-state index < -0.39 is 0 Å². The molecule has 1 aliphatic carbocycles. The summed E-state index contributed by atoms with van der Waals surface area (Å²) in [5.41, 5.74) is 2.15. The van der Waals surface area contributed by atoms with Gasteiger partial charge >= 0.3 is 0 Å². The van der Waals surface area contributed by atoms with E-state index in [9.17, 15) is 9.18 Å². The number of halogens is 2. The van der Waals surface area contributed by atoms with Crippen molar-refractivity contribution in [2.24, 2.45) is 17.8 Å². The summed E-state index contributed by atoms with van der Waals surface area (Å²) in [5.74, 6) is 2.45. The molecule has 0 spiro atoms. The van der Waals surface area contributed by atoms with Gasteiger partial charge in [0.2, 0.25) is 5.91 Å². The van der Waals surface area contributed by atoms with E-state index in [0.717, 1.165) is 31.2 Å². The molecule has 2 N–H and O–H groups in total. The standard InChI is InChI=1S/C36H40ClFN6O3/c1-43(2)11-5-8-35(45)42-32-16-29-31(17-34(32)47-21-24-12-25-18-44(3)19-26(25)13-24)39-22-40-36(29)41-28-9-10-33(30(37)15-28)46-20-23-6-4-7-27(38)14-23/h4-10,14-17,22,24-26H,11-13,18-21H2,1-3H3,(H,42,45)(H,39,40,41)/b8-5+/i/hD. The maximum atomic E-state index is 13.6. The zero-order valence-electron chi connectivity index (χ0n) is 27.8. The fourth-order valence-electron chi connectivity index (χ4n) is 6.51. The molecule has 11 heteroatoms. The van der Waals surface area contributed by atoms with E-state index in [0.29, 0.717) is 76.1 Å². The Kier molecular flexibility index (Phi) is 9.79. The Bertz CT molecular complexity index is 1800. The average Bonchev–Trinajstić information content (AvgIpc) is 3.59. The predicted molar refractivity (Wildman–Crippen MR) is 184 cm³/mol. The van der Waals surface area contributed by atoms with Gasteiger partial charge in [-0.15, -0.1) is 0 Å². The molecule has 47 heavy (non-hydrogen) atoms. The van der Waals surface area contributed by atoms with E-state index in [2.05, 4.69) is 27.2 Å². The summed E-state index contributed by atoms with van der Waals surface area (Å²) < 4.78 is 34.8. The summed E-state index contributed by atoms with van der Waals surface area (Å²) in [6.45, 7) is 3.58. The van der Waals surface area contributed by atoms with Gasteiger partial charge in [0.1, 0.15) is 36.1 Å². The summed E-state index contributed by atoms with van der Waals surface area (Å²) in [6.07, 6.45) is 6.96. The first-order valence-electron chi connectivity index (χ1n) is 16.3. The zero-order chi connectivity index (χ0) is 33.8. The predicted octanol–water partition coefficient (Wildman–Crippen LogP) is 6.77. The minimum atomic E-state index is -0.342. The lowest BCUT2D eigenvalue weighted by Crippen LogP contribution is -2.19. The Morgan fingerprint density at radius 3 is 2.66 bits per heavy atom. The summed E-state index contributed by atoms with van der Waals surface area (Å²) in [6, 6.07) is 14.7. The van der Waals surface area contributed by atoms with Crippen LogP contribution in [0.1, 0.15) is 18.4 Å². The molecule has 2 unspecified atom stereocenters. The molecule has 3 aromatic carbocycles. The second-order valence-electron chi connectivity index (χ2n) is 12.8. The second kappa shape index (κ2) is 14.7. The largest absolute Gasteiger partial charge is 0.491 e. The molecule has 246 valence electrons. The number of rotatable bonds is 12. The summed E-state index contributed by atoms with van der Waals surface area (Å²) in [7, 11) is 6.05. The Hall–Kier alpha value is -4.25. The van der Waals surface area contributed by atoms with Crippen LogP contribution in [0, 0.1) is 23.6 Å². The highest BCUT2D eigenvalue weighted by atomic mass is 35.5. The first-order valence-corrected chi connectivity index (χ1v) is 16.2. The average molecular weight is 660 g/mol. The van der Waals surface area contributed by atoms with Gasteiger partial charge in [-0.3, -0.25) is 4.79 Å². The van der Waals surface area contributed by atoms with Crippen molar-refractivity contribution in [1.29, 1.82) is 0 Å². The lowest BCUT2D eigenvalue weighted by atomic mass is 10.0. The molecule has 4 aromatic rings. The Morgan fingerprint density at radius 2 is 1.91 bits per heavy atom. The number of likely N-dealkylation sites (N-methyl/N-ethyl adjacent to an activating group) is 1. The van der Waals surface area contributed by atoms with E-state index in [4.69, 9.17) is 22.5 Å². The van der Waals surface area contributed by atoms with Gasteiger partial charge in [0.05, 0.1) is 22.8 Å². The second-order valence-corrected chi connectivity index (χ2v) is 13.2. The van der Waals surface area contributed by atoms with Crippen LogP contribution in [0.2, 0.25) is 6.43 Å². The number of nitrogens with one attached hydrogen (secondary N) is 2. The molecule has 1 saturated carbocycles. The molecule has 1 saturated heterocycles. The summed E-state index contributed by atoms with van der Waals surface area (Å²) in [5, 5.41) is 4.97. The van der Waals surface area contributed by atoms with Gasteiger partial charge in [0.25, 0.3) is 0 Å². The van der Waals surface area contributed by atoms with Crippen molar-refractivity contribution in [2.75, 3.05) is 58.0 Å². The van der Waals surface area contributed by atoms with Crippen LogP contribution in [0.5, 0.6) is 11.5 Å². The molecule has 1 amide bonds. The van der Waals surface area contributed by atoms with Crippen LogP contribution in [0.25, 0.3) is 10.9 Å². The summed E-state index contributed by atoms with van der Waals surface area (Å²) >= 11 is 6.55. The third kappa shape index (κ3) is 8.38. The Labute approximate surface area is 281 Å². The number of hydrogen-bond donors (Lipinski definition) is 2. The number of likely N-dealkylation sites (tertiary alicyclic amines) is 1. The SMILES string of the molecule is [2H]N(c1ccc(OCc2cccc(F)c2)c(Cl)c1)c1ncnc2cc(OCC3CC4CN(C)CC4C3)c(NC(=O)/C=C/CN(C)C)cc12. The molecule has 9 nitrogen and oxygen atoms in total. The molecule has 2 aliphatic rings. The smallest absolute Gasteiger partial charge is 0.248 e. The fraction of sp³-hybridized carbons (Fsp3) is 0.361. The van der Waals surface area contributed by atoms with E-state index in [1.54, 1.807) is 48.5 Å². The van der Waals surface area contributed by atoms with Crippen molar-refractivity contribution in [3.05, 3.63) is 89.5 Å². The molecule has 0 radical (unpaired) electrons. The maximum absolute atomic E-state index is 13.6. The summed E-state index contributed by atoms with van der Waals surface area (Å²) in [4.78, 5) is 26.3. The number of anilines is 3. The lowest BCUT2D eigenvalue weighted by Gasteiger charge is -2.18. The number of nitrogens with zero attached hydrogens (tertiary/aromatic N) is 4. The van der Waals surface area contributed by atoms with Crippen molar-refractivity contribution < 1.29 is 20.1 Å². The van der Waals surface area contributed by atoms with E-state index in [-0.39, 0.29) is 23.4 Å². The first-order chi connectivity index (χ1) is 23.1. The van der Waals surface area contributed by atoms with Crippen molar-refractivity contribution in [1.82, 2.24) is 19.8 Å². The minimum Gasteiger partial charge on any atom is -0.491 e.